The summed E-state index contributed by atoms with van der Waals surface area (Å²) < 4.78 is 114. The third-order valence-corrected chi connectivity index (χ3v) is 13.3. The summed E-state index contributed by atoms with van der Waals surface area (Å²) in [5, 5.41) is 6.63. The molecule has 2 aliphatic rings. The fourth-order valence-corrected chi connectivity index (χ4v) is 10.3. The van der Waals surface area contributed by atoms with Crippen LogP contribution in [0.2, 0.25) is 0 Å². The van der Waals surface area contributed by atoms with E-state index >= 15 is 0 Å². The maximum absolute atomic E-state index is 14.8. The minimum absolute atomic E-state index is 0.0158. The van der Waals surface area contributed by atoms with Crippen molar-refractivity contribution in [3.05, 3.63) is 46.8 Å². The largest absolute Gasteiger partial charge is 0.573 e. The normalized spacial score (nSPS) is 23.9. The molecule has 2 unspecified atom stereocenters. The van der Waals surface area contributed by atoms with E-state index < -0.39 is 44.1 Å². The zero-order valence-electron chi connectivity index (χ0n) is 26.8. The maximum Gasteiger partial charge on any atom is 0.573 e. The Balaban J connectivity index is 1.38. The Labute approximate surface area is 279 Å². The number of ether oxygens (including phenoxy) is 1. The van der Waals surface area contributed by atoms with Gasteiger partial charge in [0.05, 0.1) is 40.0 Å². The van der Waals surface area contributed by atoms with Crippen molar-refractivity contribution >= 4 is 45.2 Å². The predicted molar refractivity (Wildman–Crippen MR) is 178 cm³/mol. The molecule has 2 aromatic carbocycles. The minimum Gasteiger partial charge on any atom is -0.404 e. The monoisotopic (exact) mass is 718 g/mol. The molecule has 2 aliphatic heterocycles. The van der Waals surface area contributed by atoms with Crippen LogP contribution in [0.1, 0.15) is 29.7 Å². The quantitative estimate of drug-likeness (QED) is 0.143. The summed E-state index contributed by atoms with van der Waals surface area (Å²) in [5.41, 5.74) is 0.461. The van der Waals surface area contributed by atoms with Crippen LogP contribution in [-0.2, 0) is 11.0 Å². The number of likely N-dealkylation sites (tertiary alicyclic amines) is 1. The van der Waals surface area contributed by atoms with E-state index in [1.807, 2.05) is 30.9 Å². The molecule has 2 fully saturated rings. The van der Waals surface area contributed by atoms with Crippen LogP contribution in [0.15, 0.2) is 36.4 Å². The van der Waals surface area contributed by atoms with Gasteiger partial charge in [0.1, 0.15) is 13.3 Å². The fourth-order valence-electron chi connectivity index (χ4n) is 6.31. The molecule has 0 radical (unpaired) electrons. The summed E-state index contributed by atoms with van der Waals surface area (Å²) in [5.74, 6) is 4.96. The second-order valence-corrected chi connectivity index (χ2v) is 16.8. The van der Waals surface area contributed by atoms with Crippen molar-refractivity contribution in [2.24, 2.45) is 0 Å². The summed E-state index contributed by atoms with van der Waals surface area (Å²) in [6.07, 6.45) is -9.32. The van der Waals surface area contributed by atoms with Crippen molar-refractivity contribution in [2.75, 3.05) is 63.7 Å². The molecule has 0 spiro atoms. The number of piperidine rings is 1. The summed E-state index contributed by atoms with van der Waals surface area (Å²) in [4.78, 5) is 4.09. The fraction of sp³-hybridized carbons (Fsp3) is 0.515. The van der Waals surface area contributed by atoms with E-state index in [1.165, 1.54) is 12.1 Å². The molecule has 5 rings (SSSR count). The number of fused-ring (bicyclic) bond motifs is 1. The molecule has 6 nitrogen and oxygen atoms in total. The van der Waals surface area contributed by atoms with E-state index in [1.54, 1.807) is 18.2 Å². The predicted octanol–water partition coefficient (Wildman–Crippen LogP) is 7.53. The lowest BCUT2D eigenvalue weighted by atomic mass is 10.0. The van der Waals surface area contributed by atoms with Gasteiger partial charge in [0, 0.05) is 36.8 Å². The molecule has 1 aromatic heterocycles. The van der Waals surface area contributed by atoms with Crippen molar-refractivity contribution in [3.63, 3.8) is 0 Å². The van der Waals surface area contributed by atoms with Gasteiger partial charge in [0.2, 0.25) is 0 Å². The second kappa shape index (κ2) is 14.5. The Hall–Kier alpha value is -2.98. The lowest BCUT2D eigenvalue weighted by Gasteiger charge is -2.33. The molecule has 0 aliphatic carbocycles. The van der Waals surface area contributed by atoms with Crippen molar-refractivity contribution in [1.82, 2.24) is 9.80 Å². The van der Waals surface area contributed by atoms with Gasteiger partial charge in [-0.05, 0) is 75.6 Å². The van der Waals surface area contributed by atoms with Crippen molar-refractivity contribution in [2.45, 2.75) is 56.5 Å². The molecule has 48 heavy (non-hydrogen) atoms. The number of hydrogen-bond acceptors (Lipinski definition) is 7. The Morgan fingerprint density at radius 2 is 1.79 bits per heavy atom. The average Bonchev–Trinajstić information content (AvgIpc) is 3.33. The third-order valence-electron chi connectivity index (χ3n) is 8.89. The zero-order valence-corrected chi connectivity index (χ0v) is 28.5. The van der Waals surface area contributed by atoms with Gasteiger partial charge in [-0.3, -0.25) is 0 Å². The summed E-state index contributed by atoms with van der Waals surface area (Å²) >= 11 is 1.05. The Morgan fingerprint density at radius 3 is 2.44 bits per heavy atom. The molecule has 15 heteroatoms. The smallest absolute Gasteiger partial charge is 0.404 e. The second-order valence-electron chi connectivity index (χ2n) is 12.6. The number of rotatable bonds is 8. The molecule has 2 atom stereocenters. The average molecular weight is 719 g/mol. The number of nitrogens with one attached hydrogen (secondary N) is 2. The van der Waals surface area contributed by atoms with Crippen LogP contribution >= 0.6 is 18.5 Å². The minimum atomic E-state index is -5.01. The highest BCUT2D eigenvalue weighted by molar-refractivity contribution is 7.71. The molecule has 262 valence electrons. The topological polar surface area (TPSA) is 56.8 Å². The summed E-state index contributed by atoms with van der Waals surface area (Å²) in [6, 6.07) is 8.70. The number of thiophene rings is 1. The van der Waals surface area contributed by atoms with Gasteiger partial charge in [-0.25, -0.2) is 4.39 Å². The number of nitrogens with zero attached hydrogens (tertiary/aromatic N) is 2. The summed E-state index contributed by atoms with van der Waals surface area (Å²) in [6.45, 7) is 0.715. The molecule has 2 saturated heterocycles. The molecule has 3 heterocycles. The highest BCUT2D eigenvalue weighted by Gasteiger charge is 2.36. The zero-order chi connectivity index (χ0) is 34.9. The van der Waals surface area contributed by atoms with E-state index in [2.05, 4.69) is 27.2 Å². The molecular formula is C33H38F7N4O2PS. The number of alkyl halides is 7. The molecule has 0 bridgehead atoms. The van der Waals surface area contributed by atoms with Crippen molar-refractivity contribution in [3.8, 4) is 17.6 Å². The van der Waals surface area contributed by atoms with Gasteiger partial charge in [0.15, 0.2) is 5.75 Å². The molecular weight excluding hydrogens is 680 g/mol. The highest BCUT2D eigenvalue weighted by atomic mass is 32.1. The lowest BCUT2D eigenvalue weighted by Crippen LogP contribution is -2.46. The number of anilines is 2. The Kier molecular flexibility index (Phi) is 10.9. The van der Waals surface area contributed by atoms with Crippen LogP contribution in [0.3, 0.4) is 0 Å². The standard InChI is InChI=1S/C33H38F7N4O2PS/c1-43(2)21-12-16-47(45,17-13-21)22-9-10-27(29(18-22)46-33(38,39)40)41-14-5-8-30-24(19-32(35,36)37)23-6-4-7-28(31(23)48-30)42-26-11-15-44(3)20-25(26)34/h4,6-7,9-10,18,21,25-26,41-42H,11-17,19-20H2,1-3H3. The van der Waals surface area contributed by atoms with Crippen molar-refractivity contribution < 1.29 is 40.0 Å². The van der Waals surface area contributed by atoms with E-state index in [0.717, 1.165) is 17.4 Å². The van der Waals surface area contributed by atoms with E-state index in [4.69, 9.17) is 0 Å². The van der Waals surface area contributed by atoms with Gasteiger partial charge in [-0.15, -0.1) is 24.5 Å². The number of halogens is 7. The number of benzene rings is 2. The highest BCUT2D eigenvalue weighted by Crippen LogP contribution is 2.51. The van der Waals surface area contributed by atoms with Crippen molar-refractivity contribution in [1.29, 1.82) is 0 Å². The van der Waals surface area contributed by atoms with Crippen LogP contribution in [0, 0.1) is 11.8 Å². The third kappa shape index (κ3) is 8.97. The van der Waals surface area contributed by atoms with Gasteiger partial charge in [-0.2, -0.15) is 13.2 Å². The molecule has 3 aromatic rings. The van der Waals surface area contributed by atoms with Crippen LogP contribution in [0.5, 0.6) is 5.75 Å². The first-order valence-corrected chi connectivity index (χ1v) is 18.5. The molecule has 0 saturated carbocycles. The summed E-state index contributed by atoms with van der Waals surface area (Å²) in [7, 11) is 2.76. The first kappa shape index (κ1) is 36.3. The molecule has 2 N–H and O–H groups in total. The van der Waals surface area contributed by atoms with Gasteiger partial charge < -0.3 is 29.7 Å². The van der Waals surface area contributed by atoms with Gasteiger partial charge >= 0.3 is 12.5 Å². The first-order valence-electron chi connectivity index (χ1n) is 15.6. The maximum atomic E-state index is 14.8. The van der Waals surface area contributed by atoms with E-state index in [-0.39, 0.29) is 35.3 Å². The Bertz CT molecular complexity index is 1700. The SMILES string of the molecule is CN1CCC(Nc2cccc3c(CC(F)(F)F)c(C#CCNc4ccc(P5(=O)CCC(N(C)C)CC5)cc4OC(F)(F)F)sc23)C(F)C1. The first-order chi connectivity index (χ1) is 22.5. The Morgan fingerprint density at radius 1 is 1.06 bits per heavy atom. The van der Waals surface area contributed by atoms with E-state index in [9.17, 15) is 35.3 Å². The van der Waals surface area contributed by atoms with Crippen LogP contribution in [-0.4, -0.2) is 93.7 Å². The van der Waals surface area contributed by atoms with Crippen LogP contribution in [0.4, 0.5) is 42.1 Å². The van der Waals surface area contributed by atoms with Gasteiger partial charge in [-0.1, -0.05) is 24.0 Å². The van der Waals surface area contributed by atoms with Crippen LogP contribution < -0.4 is 20.7 Å². The van der Waals surface area contributed by atoms with Gasteiger partial charge in [0.25, 0.3) is 0 Å². The van der Waals surface area contributed by atoms with Crippen LogP contribution in [0.25, 0.3) is 10.1 Å². The molecule has 0 amide bonds. The van der Waals surface area contributed by atoms with E-state index in [0.29, 0.717) is 59.2 Å². The lowest BCUT2D eigenvalue weighted by molar-refractivity contribution is -0.274. The number of hydrogen-bond donors (Lipinski definition) is 2.